The number of nitrogens with two attached hydrogens (primary N) is 1. The number of piperidine rings is 1. The zero-order valence-corrected chi connectivity index (χ0v) is 16.4. The number of fused-ring (bicyclic) bond motifs is 2. The summed E-state index contributed by atoms with van der Waals surface area (Å²) in [7, 11) is 0. The highest BCUT2D eigenvalue weighted by atomic mass is 16.1. The molecule has 5 atom stereocenters. The number of Topliss-reactive ketones (excluding diaryl/α,β-unsaturated/α-hetero) is 1. The summed E-state index contributed by atoms with van der Waals surface area (Å²) in [6.07, 6.45) is 14.5. The number of ketones is 1. The first-order valence-electron chi connectivity index (χ1n) is 11.1. The highest BCUT2D eigenvalue weighted by molar-refractivity contribution is 5.84. The summed E-state index contributed by atoms with van der Waals surface area (Å²) < 4.78 is 0. The first-order chi connectivity index (χ1) is 12.0. The van der Waals surface area contributed by atoms with E-state index >= 15 is 0 Å². The molecule has 3 N–H and O–H groups in total. The summed E-state index contributed by atoms with van der Waals surface area (Å²) in [4.78, 5) is 13.1. The van der Waals surface area contributed by atoms with Crippen molar-refractivity contribution in [2.75, 3.05) is 6.54 Å². The fraction of sp³-hybridized carbons (Fsp3) is 0.955. The maximum atomic E-state index is 13.1. The van der Waals surface area contributed by atoms with Crippen LogP contribution in [0.15, 0.2) is 0 Å². The third-order valence-corrected chi connectivity index (χ3v) is 7.86. The third-order valence-electron chi connectivity index (χ3n) is 7.86. The lowest BCUT2D eigenvalue weighted by atomic mass is 9.60. The van der Waals surface area contributed by atoms with Crippen LogP contribution in [-0.4, -0.2) is 30.5 Å². The number of carbonyl (C=O) groups excluding carboxylic acids is 1. The molecule has 0 aromatic rings. The highest BCUT2D eigenvalue weighted by Crippen LogP contribution is 2.42. The molecule has 4 aliphatic rings. The van der Waals surface area contributed by atoms with E-state index in [0.717, 1.165) is 30.8 Å². The van der Waals surface area contributed by atoms with Crippen LogP contribution in [0.5, 0.6) is 0 Å². The van der Waals surface area contributed by atoms with Crippen molar-refractivity contribution in [2.24, 2.45) is 23.2 Å². The van der Waals surface area contributed by atoms with Crippen molar-refractivity contribution in [3.05, 3.63) is 0 Å². The third kappa shape index (κ3) is 3.83. The van der Waals surface area contributed by atoms with Crippen LogP contribution in [0.3, 0.4) is 0 Å². The number of hydrogen-bond donors (Lipinski definition) is 2. The van der Waals surface area contributed by atoms with Crippen LogP contribution in [0.4, 0.5) is 0 Å². The van der Waals surface area contributed by atoms with Gasteiger partial charge in [0.2, 0.25) is 0 Å². The van der Waals surface area contributed by atoms with Gasteiger partial charge in [-0.3, -0.25) is 4.79 Å². The fourth-order valence-corrected chi connectivity index (χ4v) is 6.75. The Balaban J connectivity index is 1.50. The lowest BCUT2D eigenvalue weighted by Gasteiger charge is -2.51. The molecule has 4 rings (SSSR count). The highest BCUT2D eigenvalue weighted by Gasteiger charge is 2.54. The van der Waals surface area contributed by atoms with Gasteiger partial charge in [-0.05, 0) is 50.0 Å². The summed E-state index contributed by atoms with van der Waals surface area (Å²) >= 11 is 0. The van der Waals surface area contributed by atoms with Crippen LogP contribution in [0, 0.1) is 23.2 Å². The Hall–Kier alpha value is -0.410. The van der Waals surface area contributed by atoms with E-state index in [1.54, 1.807) is 0 Å². The molecule has 0 spiro atoms. The monoisotopic (exact) mass is 347 g/mol. The Kier molecular flexibility index (Phi) is 5.25. The standard InChI is InChI=1S/C22H38N2O/c1-22(2)12-18-20(19(25)13-22)21(16-10-6-7-11-17(16)24-18)23-14-15-8-4-3-5-9-15/h15-18,20-21,23-24H,3-14H2,1-2H3/p+1. The van der Waals surface area contributed by atoms with Gasteiger partial charge < -0.3 is 10.6 Å². The molecule has 0 amide bonds. The van der Waals surface area contributed by atoms with Crippen LogP contribution < -0.4 is 10.6 Å². The van der Waals surface area contributed by atoms with Gasteiger partial charge in [-0.2, -0.15) is 0 Å². The predicted octanol–water partition coefficient (Wildman–Crippen LogP) is 3.03. The number of rotatable bonds is 3. The molecule has 1 heterocycles. The van der Waals surface area contributed by atoms with Gasteiger partial charge in [-0.15, -0.1) is 0 Å². The Morgan fingerprint density at radius 3 is 2.52 bits per heavy atom. The van der Waals surface area contributed by atoms with Gasteiger partial charge in [-0.25, -0.2) is 0 Å². The molecule has 0 bridgehead atoms. The normalized spacial score (nSPS) is 41.8. The van der Waals surface area contributed by atoms with Crippen LogP contribution in [-0.2, 0) is 4.79 Å². The quantitative estimate of drug-likeness (QED) is 0.824. The Morgan fingerprint density at radius 2 is 1.72 bits per heavy atom. The summed E-state index contributed by atoms with van der Waals surface area (Å²) in [5, 5.41) is 6.65. The van der Waals surface area contributed by atoms with Crippen LogP contribution >= 0.6 is 0 Å². The van der Waals surface area contributed by atoms with Gasteiger partial charge in [0, 0.05) is 24.8 Å². The Bertz CT molecular complexity index is 482. The van der Waals surface area contributed by atoms with E-state index in [1.807, 2.05) is 0 Å². The van der Waals surface area contributed by atoms with Crippen LogP contribution in [0.1, 0.15) is 84.5 Å². The second-order valence-electron chi connectivity index (χ2n) is 10.4. The van der Waals surface area contributed by atoms with Crippen molar-refractivity contribution in [1.82, 2.24) is 5.32 Å². The lowest BCUT2D eigenvalue weighted by molar-refractivity contribution is -0.747. The van der Waals surface area contributed by atoms with E-state index in [2.05, 4.69) is 24.5 Å². The number of quaternary nitrogens is 1. The van der Waals surface area contributed by atoms with Gasteiger partial charge in [0.05, 0.1) is 18.0 Å². The van der Waals surface area contributed by atoms with Crippen molar-refractivity contribution >= 4 is 5.78 Å². The first kappa shape index (κ1) is 18.0. The van der Waals surface area contributed by atoms with Gasteiger partial charge in [0.15, 0.2) is 0 Å². The summed E-state index contributed by atoms with van der Waals surface area (Å²) in [6.45, 7) is 5.76. The number of hydrogen-bond acceptors (Lipinski definition) is 2. The van der Waals surface area contributed by atoms with Crippen LogP contribution in [0.25, 0.3) is 0 Å². The molecule has 3 aliphatic carbocycles. The number of nitrogens with one attached hydrogen (secondary N) is 1. The molecule has 3 heteroatoms. The van der Waals surface area contributed by atoms with E-state index < -0.39 is 0 Å². The largest absolute Gasteiger partial charge is 0.340 e. The Morgan fingerprint density at radius 1 is 1.00 bits per heavy atom. The molecule has 3 saturated carbocycles. The van der Waals surface area contributed by atoms with E-state index in [4.69, 9.17) is 0 Å². The minimum Gasteiger partial charge on any atom is -0.340 e. The second kappa shape index (κ2) is 7.31. The first-order valence-corrected chi connectivity index (χ1v) is 11.1. The number of carbonyl (C=O) groups is 1. The molecule has 25 heavy (non-hydrogen) atoms. The Labute approximate surface area is 154 Å². The smallest absolute Gasteiger partial charge is 0.144 e. The van der Waals surface area contributed by atoms with E-state index in [-0.39, 0.29) is 11.3 Å². The fourth-order valence-electron chi connectivity index (χ4n) is 6.75. The van der Waals surface area contributed by atoms with E-state index in [1.165, 1.54) is 64.2 Å². The lowest BCUT2D eigenvalue weighted by Crippen LogP contribution is -3.02. The van der Waals surface area contributed by atoms with Crippen molar-refractivity contribution < 1.29 is 10.1 Å². The second-order valence-corrected chi connectivity index (χ2v) is 10.4. The molecule has 0 radical (unpaired) electrons. The molecule has 4 fully saturated rings. The molecule has 5 unspecified atom stereocenters. The zero-order valence-electron chi connectivity index (χ0n) is 16.4. The minimum atomic E-state index is 0.199. The van der Waals surface area contributed by atoms with Crippen molar-refractivity contribution in [2.45, 2.75) is 103 Å². The predicted molar refractivity (Wildman–Crippen MR) is 101 cm³/mol. The van der Waals surface area contributed by atoms with Crippen LogP contribution in [0.2, 0.25) is 0 Å². The average Bonchev–Trinajstić information content (AvgIpc) is 2.58. The molecule has 1 saturated heterocycles. The molecule has 0 aromatic carbocycles. The topological polar surface area (TPSA) is 45.7 Å². The minimum absolute atomic E-state index is 0.199. The molecule has 142 valence electrons. The van der Waals surface area contributed by atoms with Gasteiger partial charge >= 0.3 is 0 Å². The van der Waals surface area contributed by atoms with Crippen molar-refractivity contribution in [3.63, 3.8) is 0 Å². The molecule has 1 aliphatic heterocycles. The molecular weight excluding hydrogens is 308 g/mol. The average molecular weight is 348 g/mol. The van der Waals surface area contributed by atoms with Gasteiger partial charge in [-0.1, -0.05) is 39.5 Å². The summed E-state index contributed by atoms with van der Waals surface area (Å²) in [6, 6.07) is 1.76. The molecule has 3 nitrogen and oxygen atoms in total. The van der Waals surface area contributed by atoms with E-state index in [9.17, 15) is 4.79 Å². The van der Waals surface area contributed by atoms with Gasteiger partial charge in [0.25, 0.3) is 0 Å². The zero-order chi connectivity index (χ0) is 17.4. The maximum absolute atomic E-state index is 13.1. The molecule has 0 aromatic heterocycles. The maximum Gasteiger partial charge on any atom is 0.144 e. The van der Waals surface area contributed by atoms with Gasteiger partial charge in [0.1, 0.15) is 5.78 Å². The SMILES string of the molecule is CC1(C)CC(=O)C2C(C1)[NH2+]C1CCCCC1C2NCC1CCCCC1. The molecular formula is C22H39N2O+. The van der Waals surface area contributed by atoms with E-state index in [0.29, 0.717) is 17.9 Å². The summed E-state index contributed by atoms with van der Waals surface area (Å²) in [5.41, 5.74) is 0.199. The van der Waals surface area contributed by atoms with Crippen molar-refractivity contribution in [3.8, 4) is 0 Å². The van der Waals surface area contributed by atoms with Crippen molar-refractivity contribution in [1.29, 1.82) is 0 Å². The summed E-state index contributed by atoms with van der Waals surface area (Å²) in [5.74, 6) is 2.41.